The van der Waals surface area contributed by atoms with Crippen LogP contribution in [0.3, 0.4) is 0 Å². The number of anilines is 2. The van der Waals surface area contributed by atoms with Gasteiger partial charge in [-0.05, 0) is 87.3 Å². The first-order valence-electron chi connectivity index (χ1n) is 14.1. The number of ether oxygens (including phenoxy) is 2. The average Bonchev–Trinajstić information content (AvgIpc) is 3.64. The van der Waals surface area contributed by atoms with E-state index in [1.807, 2.05) is 0 Å². The number of aromatic nitrogens is 2. The van der Waals surface area contributed by atoms with E-state index in [-0.39, 0.29) is 58.2 Å². The van der Waals surface area contributed by atoms with Gasteiger partial charge in [0, 0.05) is 18.2 Å². The summed E-state index contributed by atoms with van der Waals surface area (Å²) in [5.74, 6) is -2.23. The molecule has 1 heterocycles. The molecule has 2 aromatic carbocycles. The number of carbonyl (C=O) groups excluding carboxylic acids is 2. The second kappa shape index (κ2) is 11.4. The van der Waals surface area contributed by atoms with Gasteiger partial charge in [0.05, 0.1) is 24.4 Å². The summed E-state index contributed by atoms with van der Waals surface area (Å²) in [4.78, 5) is 35.0. The number of likely N-dealkylation sites (N-methyl/N-ethyl adjacent to an activating group) is 1. The van der Waals surface area contributed by atoms with Crippen molar-refractivity contribution in [2.75, 3.05) is 31.2 Å². The van der Waals surface area contributed by atoms with Crippen LogP contribution in [0.25, 0.3) is 11.3 Å². The lowest BCUT2D eigenvalue weighted by molar-refractivity contribution is 0.0278. The first-order chi connectivity index (χ1) is 20.3. The van der Waals surface area contributed by atoms with Crippen molar-refractivity contribution in [1.82, 2.24) is 14.9 Å². The predicted molar refractivity (Wildman–Crippen MR) is 156 cm³/mol. The number of nitrogens with two attached hydrogens (primary N) is 1. The topological polar surface area (TPSA) is 140 Å². The second-order valence-electron chi connectivity index (χ2n) is 12.0. The summed E-state index contributed by atoms with van der Waals surface area (Å²) in [5, 5.41) is 12.9. The molecule has 43 heavy (non-hydrogen) atoms. The van der Waals surface area contributed by atoms with Gasteiger partial charge in [0.15, 0.2) is 11.6 Å². The Bertz CT molecular complexity index is 1590. The number of carbonyl (C=O) groups is 2. The highest BCUT2D eigenvalue weighted by atomic mass is 19.1. The maximum Gasteiger partial charge on any atom is 0.410 e. The number of nitrogen functional groups attached to an aromatic ring is 1. The summed E-state index contributed by atoms with van der Waals surface area (Å²) in [6.45, 7) is 4.72. The van der Waals surface area contributed by atoms with E-state index in [1.165, 1.54) is 11.0 Å². The third-order valence-corrected chi connectivity index (χ3v) is 7.82. The van der Waals surface area contributed by atoms with E-state index in [0.29, 0.717) is 0 Å². The van der Waals surface area contributed by atoms with E-state index in [9.17, 15) is 19.1 Å². The molecule has 2 aliphatic rings. The molecule has 0 unspecified atom stereocenters. The molecule has 4 N–H and O–H groups in total. The quantitative estimate of drug-likeness (QED) is 0.332. The number of hydrogen-bond donors (Lipinski definition) is 3. The maximum atomic E-state index is 15.1. The lowest BCUT2D eigenvalue weighted by atomic mass is 9.96. The van der Waals surface area contributed by atoms with Gasteiger partial charge in [0.25, 0.3) is 5.91 Å². The Morgan fingerprint density at radius 3 is 2.56 bits per heavy atom. The van der Waals surface area contributed by atoms with Crippen LogP contribution in [0.15, 0.2) is 30.6 Å². The number of rotatable bonds is 8. The van der Waals surface area contributed by atoms with Crippen LogP contribution in [-0.2, 0) is 23.2 Å². The van der Waals surface area contributed by atoms with Gasteiger partial charge in [-0.2, -0.15) is 0 Å². The van der Waals surface area contributed by atoms with Gasteiger partial charge >= 0.3 is 6.09 Å². The monoisotopic (exact) mass is 595 g/mol. The summed E-state index contributed by atoms with van der Waals surface area (Å²) < 4.78 is 41.3. The molecule has 0 radical (unpaired) electrons. The van der Waals surface area contributed by atoms with Gasteiger partial charge in [-0.15, -0.1) is 0 Å². The van der Waals surface area contributed by atoms with Gasteiger partial charge in [0.2, 0.25) is 0 Å². The molecule has 2 aliphatic carbocycles. The highest BCUT2D eigenvalue weighted by Crippen LogP contribution is 2.57. The molecule has 0 aliphatic heterocycles. The molecule has 0 atom stereocenters. The molecule has 1 fully saturated rings. The van der Waals surface area contributed by atoms with Crippen LogP contribution < -0.4 is 15.8 Å². The average molecular weight is 596 g/mol. The van der Waals surface area contributed by atoms with Crippen LogP contribution in [0.1, 0.15) is 67.1 Å². The van der Waals surface area contributed by atoms with E-state index in [2.05, 4.69) is 15.3 Å². The van der Waals surface area contributed by atoms with Crippen LogP contribution in [0.5, 0.6) is 5.75 Å². The molecule has 0 saturated heterocycles. The second-order valence-corrected chi connectivity index (χ2v) is 12.0. The number of amides is 2. The van der Waals surface area contributed by atoms with Gasteiger partial charge in [-0.3, -0.25) is 4.79 Å². The summed E-state index contributed by atoms with van der Waals surface area (Å²) in [7, 11) is 1.54. The van der Waals surface area contributed by atoms with Crippen molar-refractivity contribution in [3.8, 4) is 17.0 Å². The minimum absolute atomic E-state index is 0.00339. The van der Waals surface area contributed by atoms with Gasteiger partial charge in [-0.25, -0.2) is 23.5 Å². The number of nitrogens with one attached hydrogen (secondary N) is 1. The summed E-state index contributed by atoms with van der Waals surface area (Å²) in [6, 6.07) is 5.17. The standard InChI is InChI=1S/C31H35F2N5O5/c1-30(2,3)43-29(41)38(4)9-10-42-26-25(35-16-36-27(26)34)19-12-18(32)13-24(21(19)15-39)37-28(40)20-11-17-5-6-31(7-8-31)22(17)14-23(20)33/h11-14,16,39H,5-10,15H2,1-4H3,(H,37,40)(H2,34,35,36). The molecule has 10 nitrogen and oxygen atoms in total. The highest BCUT2D eigenvalue weighted by molar-refractivity contribution is 6.05. The molecular weight excluding hydrogens is 560 g/mol. The number of nitrogens with zero attached hydrogens (tertiary/aromatic N) is 3. The first kappa shape index (κ1) is 30.1. The van der Waals surface area contributed by atoms with Gasteiger partial charge in [-0.1, -0.05) is 0 Å². The Balaban J connectivity index is 1.40. The number of aryl methyl sites for hydroxylation is 1. The van der Waals surface area contributed by atoms with Crippen LogP contribution in [0.4, 0.5) is 25.1 Å². The third-order valence-electron chi connectivity index (χ3n) is 7.82. The maximum absolute atomic E-state index is 15.1. The van der Waals surface area contributed by atoms with Crippen molar-refractivity contribution in [1.29, 1.82) is 0 Å². The van der Waals surface area contributed by atoms with E-state index < -0.39 is 35.8 Å². The van der Waals surface area contributed by atoms with Crippen molar-refractivity contribution >= 4 is 23.5 Å². The number of fused-ring (bicyclic) bond motifs is 2. The third kappa shape index (κ3) is 6.24. The molecule has 3 aromatic rings. The Morgan fingerprint density at radius 2 is 1.88 bits per heavy atom. The minimum Gasteiger partial charge on any atom is -0.486 e. The summed E-state index contributed by atoms with van der Waals surface area (Å²) >= 11 is 0. The zero-order valence-electron chi connectivity index (χ0n) is 24.6. The molecule has 5 rings (SSSR count). The lowest BCUT2D eigenvalue weighted by Gasteiger charge is -2.24. The fourth-order valence-corrected chi connectivity index (χ4v) is 5.43. The molecule has 1 saturated carbocycles. The van der Waals surface area contributed by atoms with Gasteiger partial charge < -0.3 is 30.5 Å². The summed E-state index contributed by atoms with van der Waals surface area (Å²) in [5.41, 5.74) is 7.42. The number of aliphatic hydroxyl groups excluding tert-OH is 1. The highest BCUT2D eigenvalue weighted by Gasteiger charge is 2.48. The van der Waals surface area contributed by atoms with Crippen molar-refractivity contribution in [3.63, 3.8) is 0 Å². The normalized spacial score (nSPS) is 14.8. The number of benzene rings is 2. The molecular formula is C31H35F2N5O5. The molecule has 2 amide bonds. The smallest absolute Gasteiger partial charge is 0.410 e. The Morgan fingerprint density at radius 1 is 1.14 bits per heavy atom. The van der Waals surface area contributed by atoms with E-state index in [0.717, 1.165) is 55.3 Å². The first-order valence-corrected chi connectivity index (χ1v) is 14.1. The van der Waals surface area contributed by atoms with Crippen molar-refractivity contribution in [3.05, 3.63) is 64.5 Å². The van der Waals surface area contributed by atoms with Crippen LogP contribution >= 0.6 is 0 Å². The molecule has 228 valence electrons. The fourth-order valence-electron chi connectivity index (χ4n) is 5.43. The zero-order valence-corrected chi connectivity index (χ0v) is 24.6. The molecule has 12 heteroatoms. The number of halogens is 2. The van der Waals surface area contributed by atoms with Crippen LogP contribution in [0.2, 0.25) is 0 Å². The largest absolute Gasteiger partial charge is 0.486 e. The van der Waals surface area contributed by atoms with Crippen molar-refractivity contribution < 1.29 is 33.0 Å². The summed E-state index contributed by atoms with van der Waals surface area (Å²) in [6.07, 6.45) is 4.37. The SMILES string of the molecule is CN(CCOc1c(N)ncnc1-c1cc(F)cc(NC(=O)c2cc3c(cc2F)C2(CC3)CC2)c1CO)C(=O)OC(C)(C)C. The van der Waals surface area contributed by atoms with E-state index in [1.54, 1.807) is 33.9 Å². The van der Waals surface area contributed by atoms with Crippen molar-refractivity contribution in [2.24, 2.45) is 0 Å². The van der Waals surface area contributed by atoms with Crippen LogP contribution in [0, 0.1) is 11.6 Å². The fraction of sp³-hybridized carbons (Fsp3) is 0.419. The molecule has 0 bridgehead atoms. The number of hydrogen-bond acceptors (Lipinski definition) is 8. The Hall–Kier alpha value is -4.32. The van der Waals surface area contributed by atoms with E-state index in [4.69, 9.17) is 15.2 Å². The van der Waals surface area contributed by atoms with Gasteiger partial charge in [0.1, 0.15) is 35.9 Å². The molecule has 1 spiro atoms. The Labute approximate surface area is 248 Å². The van der Waals surface area contributed by atoms with Crippen LogP contribution in [-0.4, -0.2) is 57.8 Å². The molecule has 1 aromatic heterocycles. The van der Waals surface area contributed by atoms with Crippen molar-refractivity contribution in [2.45, 2.75) is 64.1 Å². The van der Waals surface area contributed by atoms with E-state index >= 15 is 4.39 Å². The minimum atomic E-state index is -0.771. The predicted octanol–water partition coefficient (Wildman–Crippen LogP) is 4.97. The Kier molecular flexibility index (Phi) is 7.99. The number of aliphatic hydroxyl groups is 1. The zero-order chi connectivity index (χ0) is 31.1. The lowest BCUT2D eigenvalue weighted by Crippen LogP contribution is -2.36.